The number of carbonyl (C=O) groups is 1. The van der Waals surface area contributed by atoms with Crippen molar-refractivity contribution < 1.29 is 13.2 Å². The number of aliphatic imine (C=N–C) groups is 1. The minimum Gasteiger partial charge on any atom is -0.267 e. The van der Waals surface area contributed by atoms with E-state index in [2.05, 4.69) is 18.6 Å². The van der Waals surface area contributed by atoms with Crippen molar-refractivity contribution in [1.82, 2.24) is 0 Å². The Kier molecular flexibility index (Phi) is 4.33. The van der Waals surface area contributed by atoms with Gasteiger partial charge in [0.15, 0.2) is 9.84 Å². The first-order chi connectivity index (χ1) is 9.77. The van der Waals surface area contributed by atoms with Crippen molar-refractivity contribution in [2.75, 3.05) is 6.26 Å². The zero-order valence-corrected chi connectivity index (χ0v) is 13.5. The van der Waals surface area contributed by atoms with Crippen LogP contribution in [0, 0.1) is 12.8 Å². The predicted molar refractivity (Wildman–Crippen MR) is 83.9 cm³/mol. The number of benzene rings is 1. The quantitative estimate of drug-likeness (QED) is 0.806. The lowest BCUT2D eigenvalue weighted by Crippen LogP contribution is -2.13. The lowest BCUT2D eigenvalue weighted by molar-refractivity contribution is 0.100. The SMILES string of the molecule is C=NC(=O)c1ccc(C2CCCC2C)c(S(C)(=O)=O)c1C. The Hall–Kier alpha value is -1.49. The van der Waals surface area contributed by atoms with E-state index in [4.69, 9.17) is 0 Å². The van der Waals surface area contributed by atoms with Crippen molar-refractivity contribution in [3.8, 4) is 0 Å². The standard InChI is InChI=1S/C16H21NO3S/c1-10-6-5-7-12(10)14-9-8-13(16(18)17-3)11(2)15(14)21(4,19)20/h8-10,12H,3,5-7H2,1-2,4H3. The van der Waals surface area contributed by atoms with Crippen LogP contribution in [0.3, 0.4) is 0 Å². The fraction of sp³-hybridized carbons (Fsp3) is 0.500. The third-order valence-electron chi connectivity index (χ3n) is 4.44. The molecule has 114 valence electrons. The molecule has 0 spiro atoms. The van der Waals surface area contributed by atoms with E-state index in [-0.39, 0.29) is 5.92 Å². The summed E-state index contributed by atoms with van der Waals surface area (Å²) in [4.78, 5) is 15.5. The Labute approximate surface area is 126 Å². The molecule has 2 atom stereocenters. The van der Waals surface area contributed by atoms with Crippen molar-refractivity contribution in [1.29, 1.82) is 0 Å². The molecule has 0 radical (unpaired) electrons. The van der Waals surface area contributed by atoms with Gasteiger partial charge < -0.3 is 0 Å². The van der Waals surface area contributed by atoms with Gasteiger partial charge in [-0.15, -0.1) is 0 Å². The topological polar surface area (TPSA) is 63.6 Å². The molecule has 0 aliphatic heterocycles. The number of hydrogen-bond acceptors (Lipinski definition) is 3. The predicted octanol–water partition coefficient (Wildman–Crippen LogP) is 3.14. The molecule has 1 aliphatic carbocycles. The third kappa shape index (κ3) is 2.93. The first kappa shape index (κ1) is 15.9. The van der Waals surface area contributed by atoms with Gasteiger partial charge >= 0.3 is 0 Å². The van der Waals surface area contributed by atoms with Gasteiger partial charge in [-0.1, -0.05) is 25.8 Å². The summed E-state index contributed by atoms with van der Waals surface area (Å²) in [7, 11) is -3.40. The zero-order chi connectivity index (χ0) is 15.8. The number of carbonyl (C=O) groups excluding carboxylic acids is 1. The lowest BCUT2D eigenvalue weighted by atomic mass is 9.88. The van der Waals surface area contributed by atoms with E-state index >= 15 is 0 Å². The first-order valence-electron chi connectivity index (χ1n) is 7.12. The van der Waals surface area contributed by atoms with Gasteiger partial charge in [0.25, 0.3) is 5.91 Å². The fourth-order valence-corrected chi connectivity index (χ4v) is 4.73. The Balaban J connectivity index is 2.70. The molecule has 1 amide bonds. The lowest BCUT2D eigenvalue weighted by Gasteiger charge is -2.21. The second-order valence-corrected chi connectivity index (χ2v) is 7.86. The van der Waals surface area contributed by atoms with E-state index in [1.54, 1.807) is 19.1 Å². The molecule has 1 aromatic rings. The third-order valence-corrected chi connectivity index (χ3v) is 5.73. The van der Waals surface area contributed by atoms with Crippen LogP contribution in [0.2, 0.25) is 0 Å². The minimum absolute atomic E-state index is 0.245. The highest BCUT2D eigenvalue weighted by atomic mass is 32.2. The second kappa shape index (κ2) is 5.72. The summed E-state index contributed by atoms with van der Waals surface area (Å²) in [5, 5.41) is 0. The van der Waals surface area contributed by atoms with Gasteiger partial charge in [-0.25, -0.2) is 13.4 Å². The molecule has 0 heterocycles. The fourth-order valence-electron chi connectivity index (χ4n) is 3.42. The van der Waals surface area contributed by atoms with Crippen LogP contribution in [0.1, 0.15) is 53.6 Å². The number of rotatable bonds is 3. The zero-order valence-electron chi connectivity index (χ0n) is 12.7. The monoisotopic (exact) mass is 307 g/mol. The second-order valence-electron chi connectivity index (χ2n) is 5.91. The smallest absolute Gasteiger partial charge is 0.267 e. The van der Waals surface area contributed by atoms with Crippen molar-refractivity contribution in [2.24, 2.45) is 10.9 Å². The van der Waals surface area contributed by atoms with Gasteiger partial charge in [0.1, 0.15) is 0 Å². The molecular weight excluding hydrogens is 286 g/mol. The maximum atomic E-state index is 12.2. The van der Waals surface area contributed by atoms with Gasteiger partial charge in [0.05, 0.1) is 4.90 Å². The van der Waals surface area contributed by atoms with Gasteiger partial charge in [0.2, 0.25) is 0 Å². The molecule has 4 nitrogen and oxygen atoms in total. The summed E-state index contributed by atoms with van der Waals surface area (Å²) in [6, 6.07) is 3.47. The van der Waals surface area contributed by atoms with Crippen molar-refractivity contribution in [3.05, 3.63) is 28.8 Å². The molecular formula is C16H21NO3S. The van der Waals surface area contributed by atoms with Crippen molar-refractivity contribution in [3.63, 3.8) is 0 Å². The molecule has 0 N–H and O–H groups in total. The van der Waals surface area contributed by atoms with Gasteiger partial charge in [-0.3, -0.25) is 4.79 Å². The molecule has 1 fully saturated rings. The number of nitrogens with zero attached hydrogens (tertiary/aromatic N) is 1. The molecule has 21 heavy (non-hydrogen) atoms. The average Bonchev–Trinajstić information content (AvgIpc) is 2.82. The summed E-state index contributed by atoms with van der Waals surface area (Å²) in [6.07, 6.45) is 4.43. The largest absolute Gasteiger partial charge is 0.276 e. The van der Waals surface area contributed by atoms with Crippen molar-refractivity contribution >= 4 is 22.5 Å². The van der Waals surface area contributed by atoms with E-state index < -0.39 is 15.7 Å². The van der Waals surface area contributed by atoms with Crippen LogP contribution in [0.25, 0.3) is 0 Å². The van der Waals surface area contributed by atoms with E-state index in [9.17, 15) is 13.2 Å². The first-order valence-corrected chi connectivity index (χ1v) is 9.01. The Morgan fingerprint density at radius 2 is 2.00 bits per heavy atom. The van der Waals surface area contributed by atoms with Crippen LogP contribution in [-0.4, -0.2) is 27.3 Å². The Morgan fingerprint density at radius 3 is 2.48 bits per heavy atom. The van der Waals surface area contributed by atoms with Gasteiger partial charge in [0, 0.05) is 11.8 Å². The van der Waals surface area contributed by atoms with Crippen LogP contribution >= 0.6 is 0 Å². The van der Waals surface area contributed by atoms with Crippen LogP contribution in [0.4, 0.5) is 0 Å². The summed E-state index contributed by atoms with van der Waals surface area (Å²) in [5.74, 6) is 0.224. The van der Waals surface area contributed by atoms with E-state index in [0.717, 1.165) is 24.8 Å². The van der Waals surface area contributed by atoms with Crippen LogP contribution in [0.15, 0.2) is 22.0 Å². The number of amides is 1. The molecule has 0 saturated heterocycles. The maximum Gasteiger partial charge on any atom is 0.276 e. The highest BCUT2D eigenvalue weighted by Gasteiger charge is 2.31. The summed E-state index contributed by atoms with van der Waals surface area (Å²) < 4.78 is 24.5. The molecule has 1 aliphatic rings. The highest BCUT2D eigenvalue weighted by molar-refractivity contribution is 7.90. The van der Waals surface area contributed by atoms with E-state index in [1.807, 2.05) is 0 Å². The normalized spacial score (nSPS) is 22.2. The molecule has 1 aromatic carbocycles. The van der Waals surface area contributed by atoms with E-state index in [0.29, 0.717) is 21.9 Å². The average molecular weight is 307 g/mol. The van der Waals surface area contributed by atoms with Gasteiger partial charge in [-0.2, -0.15) is 0 Å². The Morgan fingerprint density at radius 1 is 1.33 bits per heavy atom. The summed E-state index contributed by atoms with van der Waals surface area (Å²) in [6.45, 7) is 7.07. The van der Waals surface area contributed by atoms with E-state index in [1.165, 1.54) is 6.26 Å². The van der Waals surface area contributed by atoms with Crippen LogP contribution in [-0.2, 0) is 9.84 Å². The Bertz CT molecular complexity index is 692. The molecule has 0 bridgehead atoms. The molecule has 5 heteroatoms. The number of hydrogen-bond donors (Lipinski definition) is 0. The maximum absolute atomic E-state index is 12.2. The van der Waals surface area contributed by atoms with Crippen LogP contribution < -0.4 is 0 Å². The minimum atomic E-state index is -3.40. The number of sulfone groups is 1. The summed E-state index contributed by atoms with van der Waals surface area (Å²) >= 11 is 0. The molecule has 2 rings (SSSR count). The highest BCUT2D eigenvalue weighted by Crippen LogP contribution is 2.42. The molecule has 2 unspecified atom stereocenters. The van der Waals surface area contributed by atoms with Crippen LogP contribution in [0.5, 0.6) is 0 Å². The molecule has 1 saturated carbocycles. The van der Waals surface area contributed by atoms with Crippen molar-refractivity contribution in [2.45, 2.75) is 43.9 Å². The summed E-state index contributed by atoms with van der Waals surface area (Å²) in [5.41, 5.74) is 1.66. The molecule has 0 aromatic heterocycles. The van der Waals surface area contributed by atoms with Gasteiger partial charge in [-0.05, 0) is 49.1 Å².